The molecule has 216 valence electrons. The number of carboxylic acids is 2. The number of carbonyl (C=O) groups excluding carboxylic acids is 3. The number of phenols is 1. The second-order valence-corrected chi connectivity index (χ2v) is 9.79. The van der Waals surface area contributed by atoms with Gasteiger partial charge in [0.2, 0.25) is 17.7 Å². The third-order valence-corrected chi connectivity index (χ3v) is 6.15. The lowest BCUT2D eigenvalue weighted by atomic mass is 10.0. The van der Waals surface area contributed by atoms with Crippen LogP contribution in [0.2, 0.25) is 0 Å². The van der Waals surface area contributed by atoms with Gasteiger partial charge >= 0.3 is 11.9 Å². The number of benzene rings is 2. The van der Waals surface area contributed by atoms with E-state index in [1.165, 1.54) is 12.1 Å². The van der Waals surface area contributed by atoms with Crippen LogP contribution in [0.3, 0.4) is 0 Å². The highest BCUT2D eigenvalue weighted by Crippen LogP contribution is 2.13. The van der Waals surface area contributed by atoms with Gasteiger partial charge in [0.1, 0.15) is 23.9 Å². The molecule has 12 heteroatoms. The molecule has 3 amide bonds. The maximum absolute atomic E-state index is 13.4. The molecule has 0 radical (unpaired) electrons. The number of carbonyl (C=O) groups is 5. The Balaban J connectivity index is 2.25. The largest absolute Gasteiger partial charge is 0.508 e. The van der Waals surface area contributed by atoms with Crippen molar-refractivity contribution in [1.82, 2.24) is 16.0 Å². The van der Waals surface area contributed by atoms with Crippen molar-refractivity contribution in [2.75, 3.05) is 0 Å². The smallest absolute Gasteiger partial charge is 0.326 e. The number of phenolic OH excluding ortho intramolecular Hbond substituents is 1. The minimum Gasteiger partial charge on any atom is -0.508 e. The highest BCUT2D eigenvalue weighted by molar-refractivity contribution is 5.94. The summed E-state index contributed by atoms with van der Waals surface area (Å²) in [6.07, 6.45) is -0.623. The van der Waals surface area contributed by atoms with Crippen LogP contribution >= 0.6 is 0 Å². The minimum atomic E-state index is -1.39. The second-order valence-electron chi connectivity index (χ2n) is 9.79. The van der Waals surface area contributed by atoms with Gasteiger partial charge in [0.05, 0.1) is 6.04 Å². The normalized spacial score (nSPS) is 13.9. The van der Waals surface area contributed by atoms with Crippen LogP contribution in [0.5, 0.6) is 5.75 Å². The van der Waals surface area contributed by atoms with E-state index in [4.69, 9.17) is 10.8 Å². The lowest BCUT2D eigenvalue weighted by Gasteiger charge is -2.26. The zero-order valence-electron chi connectivity index (χ0n) is 22.4. The van der Waals surface area contributed by atoms with Crippen LogP contribution in [0.15, 0.2) is 54.6 Å². The first-order chi connectivity index (χ1) is 18.9. The van der Waals surface area contributed by atoms with Crippen molar-refractivity contribution in [2.45, 2.75) is 63.7 Å². The molecule has 8 N–H and O–H groups in total. The van der Waals surface area contributed by atoms with Crippen molar-refractivity contribution >= 4 is 29.7 Å². The first-order valence-electron chi connectivity index (χ1n) is 12.8. The molecule has 0 heterocycles. The summed E-state index contributed by atoms with van der Waals surface area (Å²) in [6.45, 7) is 3.18. The van der Waals surface area contributed by atoms with Gasteiger partial charge in [0.15, 0.2) is 0 Å². The van der Waals surface area contributed by atoms with Gasteiger partial charge in [-0.2, -0.15) is 0 Å². The summed E-state index contributed by atoms with van der Waals surface area (Å²) in [5, 5.41) is 35.6. The summed E-state index contributed by atoms with van der Waals surface area (Å²) in [5.74, 6) is -5.27. The number of amides is 3. The van der Waals surface area contributed by atoms with Crippen LogP contribution in [0.4, 0.5) is 0 Å². The van der Waals surface area contributed by atoms with Crippen molar-refractivity contribution in [3.05, 3.63) is 65.7 Å². The van der Waals surface area contributed by atoms with E-state index in [1.807, 2.05) is 6.07 Å². The van der Waals surface area contributed by atoms with E-state index in [2.05, 4.69) is 16.0 Å². The molecule has 0 saturated heterocycles. The Morgan fingerprint density at radius 2 is 1.30 bits per heavy atom. The van der Waals surface area contributed by atoms with Crippen LogP contribution in [0, 0.1) is 5.92 Å². The Morgan fingerprint density at radius 3 is 1.85 bits per heavy atom. The first kappa shape index (κ1) is 31.8. The molecule has 12 nitrogen and oxygen atoms in total. The Kier molecular flexibility index (Phi) is 12.1. The van der Waals surface area contributed by atoms with E-state index >= 15 is 0 Å². The molecular weight excluding hydrogens is 520 g/mol. The van der Waals surface area contributed by atoms with E-state index in [-0.39, 0.29) is 25.0 Å². The summed E-state index contributed by atoms with van der Waals surface area (Å²) in [7, 11) is 0. The van der Waals surface area contributed by atoms with Crippen LogP contribution < -0.4 is 21.7 Å². The van der Waals surface area contributed by atoms with Crippen molar-refractivity contribution in [3.63, 3.8) is 0 Å². The van der Waals surface area contributed by atoms with Crippen molar-refractivity contribution in [2.24, 2.45) is 11.7 Å². The number of hydrogen-bond donors (Lipinski definition) is 7. The second kappa shape index (κ2) is 15.2. The van der Waals surface area contributed by atoms with Crippen LogP contribution in [-0.4, -0.2) is 69.1 Å². The molecule has 0 aromatic heterocycles. The van der Waals surface area contributed by atoms with Gasteiger partial charge in [-0.1, -0.05) is 56.3 Å². The molecule has 2 aromatic rings. The number of nitrogens with two attached hydrogens (primary N) is 1. The molecule has 40 heavy (non-hydrogen) atoms. The van der Waals surface area contributed by atoms with Gasteiger partial charge in [0, 0.05) is 12.8 Å². The third-order valence-electron chi connectivity index (χ3n) is 6.15. The standard InChI is InChI=1S/C28H36N4O8/c1-16(2)24(28(39)40)32-26(37)21(12-13-23(34)35)30-27(38)22(15-18-8-10-19(33)11-9-18)31-25(36)20(29)14-17-6-4-3-5-7-17/h3-11,16,20-22,24,33H,12-15,29H2,1-2H3,(H,30,38)(H,31,36)(H,32,37)(H,34,35)(H,39,40). The fourth-order valence-electron chi connectivity index (χ4n) is 3.89. The molecule has 2 aromatic carbocycles. The quantitative estimate of drug-likeness (QED) is 0.163. The first-order valence-corrected chi connectivity index (χ1v) is 12.8. The number of aliphatic carboxylic acids is 2. The van der Waals surface area contributed by atoms with Crippen molar-refractivity contribution in [1.29, 1.82) is 0 Å². The maximum atomic E-state index is 13.4. The molecule has 2 rings (SSSR count). The van der Waals surface area contributed by atoms with Gasteiger partial charge in [-0.05, 0) is 42.0 Å². The molecule has 0 aliphatic rings. The van der Waals surface area contributed by atoms with Gasteiger partial charge in [-0.3, -0.25) is 19.2 Å². The number of aromatic hydroxyl groups is 1. The number of nitrogens with one attached hydrogen (secondary N) is 3. The Hall–Kier alpha value is -4.45. The number of hydrogen-bond acceptors (Lipinski definition) is 7. The van der Waals surface area contributed by atoms with Gasteiger partial charge in [-0.25, -0.2) is 4.79 Å². The zero-order chi connectivity index (χ0) is 29.8. The van der Waals surface area contributed by atoms with E-state index in [9.17, 15) is 34.2 Å². The average molecular weight is 557 g/mol. The molecule has 0 saturated carbocycles. The summed E-state index contributed by atoms with van der Waals surface area (Å²) < 4.78 is 0. The van der Waals surface area contributed by atoms with E-state index in [1.54, 1.807) is 50.2 Å². The van der Waals surface area contributed by atoms with Crippen LogP contribution in [0.1, 0.15) is 37.8 Å². The number of carboxylic acid groups (broad SMARTS) is 2. The lowest BCUT2D eigenvalue weighted by Crippen LogP contribution is -2.58. The van der Waals surface area contributed by atoms with E-state index < -0.39 is 66.2 Å². The predicted molar refractivity (Wildman–Crippen MR) is 145 cm³/mol. The molecule has 0 spiro atoms. The molecule has 0 bridgehead atoms. The van der Waals surface area contributed by atoms with Crippen molar-refractivity contribution in [3.8, 4) is 5.75 Å². The summed E-state index contributed by atoms with van der Waals surface area (Å²) in [5.41, 5.74) is 7.48. The van der Waals surface area contributed by atoms with Crippen molar-refractivity contribution < 1.29 is 39.3 Å². The lowest BCUT2D eigenvalue weighted by molar-refractivity contribution is -0.144. The van der Waals surface area contributed by atoms with Crippen LogP contribution in [-0.2, 0) is 36.8 Å². The molecule has 4 atom stereocenters. The summed E-state index contributed by atoms with van der Waals surface area (Å²) >= 11 is 0. The average Bonchev–Trinajstić information content (AvgIpc) is 2.90. The highest BCUT2D eigenvalue weighted by atomic mass is 16.4. The highest BCUT2D eigenvalue weighted by Gasteiger charge is 2.31. The molecule has 0 aliphatic carbocycles. The van der Waals surface area contributed by atoms with E-state index in [0.717, 1.165) is 5.56 Å². The predicted octanol–water partition coefficient (Wildman–Crippen LogP) is 0.565. The fourth-order valence-corrected chi connectivity index (χ4v) is 3.89. The van der Waals surface area contributed by atoms with E-state index in [0.29, 0.717) is 5.56 Å². The molecule has 4 unspecified atom stereocenters. The fraction of sp³-hybridized carbons (Fsp3) is 0.393. The molecular formula is C28H36N4O8. The number of rotatable bonds is 15. The summed E-state index contributed by atoms with van der Waals surface area (Å²) in [4.78, 5) is 62.0. The topological polar surface area (TPSA) is 208 Å². The summed E-state index contributed by atoms with van der Waals surface area (Å²) in [6, 6.07) is 10.1. The van der Waals surface area contributed by atoms with Gasteiger partial charge in [0.25, 0.3) is 0 Å². The molecule has 0 fully saturated rings. The SMILES string of the molecule is CC(C)C(NC(=O)C(CCC(=O)O)NC(=O)C(Cc1ccc(O)cc1)NC(=O)C(N)Cc1ccccc1)C(=O)O. The molecule has 0 aliphatic heterocycles. The van der Waals surface area contributed by atoms with Crippen LogP contribution in [0.25, 0.3) is 0 Å². The zero-order valence-corrected chi connectivity index (χ0v) is 22.4. The monoisotopic (exact) mass is 556 g/mol. The maximum Gasteiger partial charge on any atom is 0.326 e. The Bertz CT molecular complexity index is 1170. The van der Waals surface area contributed by atoms with Gasteiger partial charge in [-0.15, -0.1) is 0 Å². The third kappa shape index (κ3) is 10.4. The Labute approximate surface area is 232 Å². The van der Waals surface area contributed by atoms with Gasteiger partial charge < -0.3 is 37.0 Å². The minimum absolute atomic E-state index is 0.00205. The Morgan fingerprint density at radius 1 is 0.750 bits per heavy atom.